The maximum absolute atomic E-state index is 11.6. The molecule has 1 heterocycles. The Balaban J connectivity index is 2.90. The summed E-state index contributed by atoms with van der Waals surface area (Å²) >= 11 is 0. The smallest absolute Gasteiger partial charge is 0.414 e. The van der Waals surface area contributed by atoms with Crippen LogP contribution in [0, 0.1) is 11.3 Å². The van der Waals surface area contributed by atoms with Crippen molar-refractivity contribution in [2.24, 2.45) is 0 Å². The van der Waals surface area contributed by atoms with Crippen LogP contribution in [-0.2, 0) is 9.47 Å². The number of aromatic nitrogens is 1. The Labute approximate surface area is 115 Å². The Kier molecular flexibility index (Phi) is 4.69. The molecule has 0 aromatic carbocycles. The van der Waals surface area contributed by atoms with E-state index in [1.165, 1.54) is 0 Å². The molecule has 1 aromatic rings. The Morgan fingerprint density at radius 3 is 2.60 bits per heavy atom. The van der Waals surface area contributed by atoms with Crippen molar-refractivity contribution in [3.05, 3.63) is 11.3 Å². The predicted molar refractivity (Wildman–Crippen MR) is 67.0 cm³/mol. The third-order valence-electron chi connectivity index (χ3n) is 1.89. The molecular formula is C12H15N3O5. The normalized spacial score (nSPS) is 10.6. The lowest BCUT2D eigenvalue weighted by atomic mass is 10.2. The minimum Gasteiger partial charge on any atom is -0.461 e. The minimum atomic E-state index is -0.819. The van der Waals surface area contributed by atoms with E-state index in [1.54, 1.807) is 33.8 Å². The molecule has 20 heavy (non-hydrogen) atoms. The summed E-state index contributed by atoms with van der Waals surface area (Å²) in [6, 6.07) is 1.72. The van der Waals surface area contributed by atoms with E-state index in [9.17, 15) is 9.59 Å². The van der Waals surface area contributed by atoms with Crippen molar-refractivity contribution in [2.75, 3.05) is 11.9 Å². The molecule has 0 aliphatic heterocycles. The number of nitrogens with one attached hydrogen (secondary N) is 1. The second-order valence-corrected chi connectivity index (χ2v) is 4.69. The largest absolute Gasteiger partial charge is 0.461 e. The fraction of sp³-hybridized carbons (Fsp3) is 0.500. The molecule has 0 aliphatic carbocycles. The molecule has 0 unspecified atom stereocenters. The molecule has 1 amide bonds. The average Bonchev–Trinajstić information content (AvgIpc) is 2.69. The number of ether oxygens (including phenoxy) is 2. The Bertz CT molecular complexity index is 550. The van der Waals surface area contributed by atoms with Gasteiger partial charge < -0.3 is 14.0 Å². The van der Waals surface area contributed by atoms with Gasteiger partial charge in [0.05, 0.1) is 6.61 Å². The Morgan fingerprint density at radius 1 is 1.45 bits per heavy atom. The van der Waals surface area contributed by atoms with Crippen molar-refractivity contribution in [3.8, 4) is 6.07 Å². The molecule has 0 spiro atoms. The number of hydrogen-bond donors (Lipinski definition) is 1. The van der Waals surface area contributed by atoms with Crippen molar-refractivity contribution in [1.29, 1.82) is 5.26 Å². The van der Waals surface area contributed by atoms with E-state index in [2.05, 4.69) is 10.5 Å². The molecule has 1 N–H and O–H groups in total. The lowest BCUT2D eigenvalue weighted by Gasteiger charge is -2.18. The van der Waals surface area contributed by atoms with Gasteiger partial charge in [0.15, 0.2) is 5.56 Å². The molecule has 8 heteroatoms. The van der Waals surface area contributed by atoms with Gasteiger partial charge in [-0.2, -0.15) is 5.26 Å². The lowest BCUT2D eigenvalue weighted by Crippen LogP contribution is -2.27. The number of hydrogen-bond acceptors (Lipinski definition) is 7. The first kappa shape index (κ1) is 15.5. The third kappa shape index (κ3) is 3.98. The van der Waals surface area contributed by atoms with E-state index in [0.29, 0.717) is 0 Å². The SMILES string of the molecule is CCOC(=O)c1noc(NC(=O)OC(C)(C)C)c1C#N. The highest BCUT2D eigenvalue weighted by molar-refractivity contribution is 5.93. The molecule has 0 fully saturated rings. The lowest BCUT2D eigenvalue weighted by molar-refractivity contribution is 0.0514. The van der Waals surface area contributed by atoms with Crippen LogP contribution in [0.5, 0.6) is 0 Å². The number of nitriles is 1. The van der Waals surface area contributed by atoms with Gasteiger partial charge in [-0.15, -0.1) is 0 Å². The second-order valence-electron chi connectivity index (χ2n) is 4.69. The van der Waals surface area contributed by atoms with Gasteiger partial charge in [-0.1, -0.05) is 5.16 Å². The van der Waals surface area contributed by atoms with Crippen molar-refractivity contribution >= 4 is 17.9 Å². The van der Waals surface area contributed by atoms with Crippen LogP contribution in [0.3, 0.4) is 0 Å². The maximum atomic E-state index is 11.6. The predicted octanol–water partition coefficient (Wildman–Crippen LogP) is 2.07. The molecule has 0 atom stereocenters. The van der Waals surface area contributed by atoms with E-state index >= 15 is 0 Å². The monoisotopic (exact) mass is 281 g/mol. The molecule has 0 aliphatic rings. The van der Waals surface area contributed by atoms with Gasteiger partial charge >= 0.3 is 12.1 Å². The summed E-state index contributed by atoms with van der Waals surface area (Å²) in [6.45, 7) is 6.79. The summed E-state index contributed by atoms with van der Waals surface area (Å²) in [4.78, 5) is 23.1. The van der Waals surface area contributed by atoms with Crippen LogP contribution in [0.1, 0.15) is 43.7 Å². The van der Waals surface area contributed by atoms with Crippen LogP contribution in [0.2, 0.25) is 0 Å². The highest BCUT2D eigenvalue weighted by atomic mass is 16.6. The number of carbonyl (C=O) groups excluding carboxylic acids is 2. The van der Waals surface area contributed by atoms with E-state index in [1.807, 2.05) is 0 Å². The molecule has 0 radical (unpaired) electrons. The van der Waals surface area contributed by atoms with Gasteiger partial charge in [-0.3, -0.25) is 5.32 Å². The molecule has 0 saturated carbocycles. The third-order valence-corrected chi connectivity index (χ3v) is 1.89. The Hall–Kier alpha value is -2.56. The van der Waals surface area contributed by atoms with Crippen LogP contribution in [-0.4, -0.2) is 29.4 Å². The van der Waals surface area contributed by atoms with Crippen molar-refractivity contribution in [3.63, 3.8) is 0 Å². The highest BCUT2D eigenvalue weighted by Crippen LogP contribution is 2.20. The average molecular weight is 281 g/mol. The van der Waals surface area contributed by atoms with E-state index < -0.39 is 17.7 Å². The highest BCUT2D eigenvalue weighted by Gasteiger charge is 2.26. The maximum Gasteiger partial charge on any atom is 0.414 e. The van der Waals surface area contributed by atoms with Crippen molar-refractivity contribution < 1.29 is 23.6 Å². The first-order valence-electron chi connectivity index (χ1n) is 5.85. The van der Waals surface area contributed by atoms with Crippen LogP contribution in [0.4, 0.5) is 10.7 Å². The van der Waals surface area contributed by atoms with Gasteiger partial charge in [0.2, 0.25) is 5.69 Å². The first-order chi connectivity index (χ1) is 9.28. The van der Waals surface area contributed by atoms with Crippen molar-refractivity contribution in [2.45, 2.75) is 33.3 Å². The molecular weight excluding hydrogens is 266 g/mol. The topological polar surface area (TPSA) is 114 Å². The fourth-order valence-electron chi connectivity index (χ4n) is 1.21. The fourth-order valence-corrected chi connectivity index (χ4v) is 1.21. The molecule has 1 rings (SSSR count). The van der Waals surface area contributed by atoms with Gasteiger partial charge in [0.25, 0.3) is 5.88 Å². The first-order valence-corrected chi connectivity index (χ1v) is 5.85. The molecule has 1 aromatic heterocycles. The molecule has 8 nitrogen and oxygen atoms in total. The number of esters is 1. The van der Waals surface area contributed by atoms with Crippen molar-refractivity contribution in [1.82, 2.24) is 5.16 Å². The zero-order chi connectivity index (χ0) is 15.3. The number of rotatable bonds is 3. The van der Waals surface area contributed by atoms with Gasteiger partial charge in [-0.05, 0) is 27.7 Å². The van der Waals surface area contributed by atoms with Gasteiger partial charge in [0, 0.05) is 0 Å². The molecule has 0 saturated heterocycles. The van der Waals surface area contributed by atoms with Crippen LogP contribution in [0.25, 0.3) is 0 Å². The van der Waals surface area contributed by atoms with E-state index in [-0.39, 0.29) is 23.7 Å². The minimum absolute atomic E-state index is 0.130. The number of nitrogens with zero attached hydrogens (tertiary/aromatic N) is 2. The standard InChI is InChI=1S/C12H15N3O5/c1-5-18-10(16)8-7(6-13)9(20-15-8)14-11(17)19-12(2,3)4/h5H2,1-4H3,(H,14,17). The quantitative estimate of drug-likeness (QED) is 0.843. The summed E-state index contributed by atoms with van der Waals surface area (Å²) in [5.74, 6) is -1.06. The van der Waals surface area contributed by atoms with E-state index in [4.69, 9.17) is 19.3 Å². The summed E-state index contributed by atoms with van der Waals surface area (Å²) in [5, 5.41) is 14.6. The zero-order valence-corrected chi connectivity index (χ0v) is 11.6. The Morgan fingerprint density at radius 2 is 2.10 bits per heavy atom. The van der Waals surface area contributed by atoms with Crippen LogP contribution >= 0.6 is 0 Å². The molecule has 108 valence electrons. The summed E-state index contributed by atoms with van der Waals surface area (Å²) < 4.78 is 14.5. The summed E-state index contributed by atoms with van der Waals surface area (Å²) in [7, 11) is 0. The number of amides is 1. The zero-order valence-electron chi connectivity index (χ0n) is 11.6. The van der Waals surface area contributed by atoms with Gasteiger partial charge in [0.1, 0.15) is 11.7 Å². The second kappa shape index (κ2) is 6.06. The number of anilines is 1. The van der Waals surface area contributed by atoms with Crippen LogP contribution < -0.4 is 5.32 Å². The number of carbonyl (C=O) groups is 2. The van der Waals surface area contributed by atoms with Gasteiger partial charge in [-0.25, -0.2) is 9.59 Å². The van der Waals surface area contributed by atoms with Crippen LogP contribution in [0.15, 0.2) is 4.52 Å². The molecule has 0 bridgehead atoms. The summed E-state index contributed by atoms with van der Waals surface area (Å²) in [6.07, 6.45) is -0.819. The van der Waals surface area contributed by atoms with E-state index in [0.717, 1.165) is 0 Å². The summed E-state index contributed by atoms with van der Waals surface area (Å²) in [5.41, 5.74) is -1.21.